The summed E-state index contributed by atoms with van der Waals surface area (Å²) in [5, 5.41) is 0. The number of hydrogen-bond acceptors (Lipinski definition) is 3. The number of rotatable bonds is 4. The van der Waals surface area contributed by atoms with Crippen LogP contribution in [0.5, 0.6) is 0 Å². The number of hydrogen-bond donors (Lipinski definition) is 1. The van der Waals surface area contributed by atoms with Gasteiger partial charge in [-0.1, -0.05) is 0 Å². The third-order valence-electron chi connectivity index (χ3n) is 1.37. The second kappa shape index (κ2) is 4.15. The molecule has 0 saturated heterocycles. The zero-order valence-corrected chi connectivity index (χ0v) is 7.16. The Balaban J connectivity index is 3.45. The minimum absolute atomic E-state index is 0.274. The van der Waals surface area contributed by atoms with E-state index in [4.69, 9.17) is 10.6 Å². The first kappa shape index (κ1) is 10.2. The molecular formula is C6H15N2O3+. The average Bonchev–Trinajstić information content (AvgIpc) is 1.87. The maximum absolute atomic E-state index is 10.1. The molecule has 66 valence electrons. The third kappa shape index (κ3) is 5.63. The minimum Gasteiger partial charge on any atom is -0.444 e. The Labute approximate surface area is 66.2 Å². The number of nitrogens with zero attached hydrogens (tertiary/aromatic N) is 1. The fourth-order valence-electron chi connectivity index (χ4n) is 0.457. The third-order valence-corrected chi connectivity index (χ3v) is 1.37. The quantitative estimate of drug-likeness (QED) is 0.458. The van der Waals surface area contributed by atoms with E-state index >= 15 is 0 Å². The van der Waals surface area contributed by atoms with E-state index in [-0.39, 0.29) is 6.61 Å². The van der Waals surface area contributed by atoms with Gasteiger partial charge >= 0.3 is 6.09 Å². The van der Waals surface area contributed by atoms with Gasteiger partial charge in [-0.15, -0.1) is 0 Å². The van der Waals surface area contributed by atoms with Crippen LogP contribution in [0.25, 0.3) is 0 Å². The Hall–Kier alpha value is -0.810. The zero-order valence-electron chi connectivity index (χ0n) is 7.16. The highest BCUT2D eigenvalue weighted by atomic mass is 16.7. The van der Waals surface area contributed by atoms with E-state index < -0.39 is 6.09 Å². The number of nitrogens with two attached hydrogens (primary N) is 1. The number of carbonyl (C=O) groups excluding carboxylic acids is 1. The topological polar surface area (TPSA) is 61.6 Å². The highest BCUT2D eigenvalue weighted by Gasteiger charge is 2.14. The van der Waals surface area contributed by atoms with Gasteiger partial charge in [0.15, 0.2) is 0 Å². The van der Waals surface area contributed by atoms with E-state index in [9.17, 15) is 4.79 Å². The normalized spacial score (nSPS) is 11.2. The van der Waals surface area contributed by atoms with Gasteiger partial charge in [-0.2, -0.15) is 4.65 Å². The molecule has 0 saturated carbocycles. The molecule has 0 radical (unpaired) electrons. The van der Waals surface area contributed by atoms with Crippen LogP contribution in [0.4, 0.5) is 4.79 Å². The van der Waals surface area contributed by atoms with Crippen molar-refractivity contribution in [3.63, 3.8) is 0 Å². The van der Waals surface area contributed by atoms with Crippen molar-refractivity contribution in [2.75, 3.05) is 34.4 Å². The molecule has 0 unspecified atom stereocenters. The first-order chi connectivity index (χ1) is 4.98. The van der Waals surface area contributed by atoms with Gasteiger partial charge in [0.1, 0.15) is 13.2 Å². The summed E-state index contributed by atoms with van der Waals surface area (Å²) in [7, 11) is 5.29. The Morgan fingerprint density at radius 2 is 2.09 bits per heavy atom. The van der Waals surface area contributed by atoms with Crippen molar-refractivity contribution in [3.05, 3.63) is 0 Å². The van der Waals surface area contributed by atoms with Gasteiger partial charge in [-0.3, -0.25) is 0 Å². The van der Waals surface area contributed by atoms with Crippen LogP contribution in [0.1, 0.15) is 0 Å². The summed E-state index contributed by atoms with van der Waals surface area (Å²) in [6, 6.07) is 0. The fraction of sp³-hybridized carbons (Fsp3) is 0.833. The summed E-state index contributed by atoms with van der Waals surface area (Å²) in [6.45, 7) is 0.857. The van der Waals surface area contributed by atoms with Crippen LogP contribution in [-0.4, -0.2) is 45.1 Å². The van der Waals surface area contributed by atoms with Gasteiger partial charge in [-0.05, 0) is 0 Å². The molecule has 0 fully saturated rings. The summed E-state index contributed by atoms with van der Waals surface area (Å²) >= 11 is 0. The van der Waals surface area contributed by atoms with Crippen LogP contribution < -0.4 is 5.73 Å². The van der Waals surface area contributed by atoms with Crippen LogP contribution >= 0.6 is 0 Å². The summed E-state index contributed by atoms with van der Waals surface area (Å²) in [5.74, 6) is 0. The molecule has 0 spiro atoms. The molecule has 0 heterocycles. The molecule has 0 aromatic heterocycles. The molecule has 0 bridgehead atoms. The summed E-state index contributed by atoms with van der Waals surface area (Å²) in [4.78, 5) is 15.2. The molecule has 11 heavy (non-hydrogen) atoms. The molecule has 0 aliphatic carbocycles. The lowest BCUT2D eigenvalue weighted by Gasteiger charge is -2.23. The van der Waals surface area contributed by atoms with Crippen LogP contribution in [0.2, 0.25) is 0 Å². The average molecular weight is 163 g/mol. The van der Waals surface area contributed by atoms with E-state index in [1.165, 1.54) is 0 Å². The molecular weight excluding hydrogens is 148 g/mol. The molecule has 0 aromatic rings. The Kier molecular flexibility index (Phi) is 3.84. The van der Waals surface area contributed by atoms with Gasteiger partial charge in [0.05, 0.1) is 21.2 Å². The maximum Gasteiger partial charge on any atom is 0.404 e. The maximum atomic E-state index is 10.1. The molecule has 0 aromatic carbocycles. The predicted molar refractivity (Wildman–Crippen MR) is 39.5 cm³/mol. The smallest absolute Gasteiger partial charge is 0.404 e. The van der Waals surface area contributed by atoms with Crippen molar-refractivity contribution >= 4 is 6.09 Å². The van der Waals surface area contributed by atoms with Gasteiger partial charge in [0, 0.05) is 0 Å². The van der Waals surface area contributed by atoms with Crippen molar-refractivity contribution < 1.29 is 19.0 Å². The van der Waals surface area contributed by atoms with E-state index in [0.717, 1.165) is 0 Å². The van der Waals surface area contributed by atoms with Crippen LogP contribution in [0, 0.1) is 0 Å². The van der Waals surface area contributed by atoms with E-state index in [0.29, 0.717) is 11.2 Å². The van der Waals surface area contributed by atoms with Crippen LogP contribution in [0.3, 0.4) is 0 Å². The van der Waals surface area contributed by atoms with Gasteiger partial charge in [0.25, 0.3) is 0 Å². The number of hydroxylamine groups is 3. The minimum atomic E-state index is -0.749. The van der Waals surface area contributed by atoms with Crippen molar-refractivity contribution in [2.45, 2.75) is 0 Å². The van der Waals surface area contributed by atoms with Gasteiger partial charge in [0.2, 0.25) is 0 Å². The predicted octanol–water partition coefficient (Wildman–Crippen LogP) is -0.280. The van der Waals surface area contributed by atoms with Crippen LogP contribution in [-0.2, 0) is 9.57 Å². The summed E-state index contributed by atoms with van der Waals surface area (Å²) < 4.78 is 4.86. The Morgan fingerprint density at radius 3 is 2.45 bits per heavy atom. The molecule has 0 aliphatic heterocycles. The second-order valence-electron chi connectivity index (χ2n) is 2.65. The lowest BCUT2D eigenvalue weighted by molar-refractivity contribution is -1.07. The monoisotopic (exact) mass is 163 g/mol. The SMILES string of the molecule is CO[N+](C)(C)CCOC(N)=O. The molecule has 0 rings (SSSR count). The van der Waals surface area contributed by atoms with Gasteiger partial charge < -0.3 is 10.5 Å². The van der Waals surface area contributed by atoms with Crippen molar-refractivity contribution in [2.24, 2.45) is 5.73 Å². The van der Waals surface area contributed by atoms with Crippen LogP contribution in [0.15, 0.2) is 0 Å². The van der Waals surface area contributed by atoms with Gasteiger partial charge in [-0.25, -0.2) is 9.63 Å². The molecule has 5 nitrogen and oxygen atoms in total. The largest absolute Gasteiger partial charge is 0.444 e. The lowest BCUT2D eigenvalue weighted by atomic mass is 10.6. The number of quaternary nitrogens is 1. The van der Waals surface area contributed by atoms with Crippen molar-refractivity contribution in [3.8, 4) is 0 Å². The summed E-state index contributed by atoms with van der Waals surface area (Å²) in [5.41, 5.74) is 4.75. The zero-order chi connectivity index (χ0) is 8.91. The highest BCUT2D eigenvalue weighted by Crippen LogP contribution is 1.95. The molecule has 2 N–H and O–H groups in total. The first-order valence-electron chi connectivity index (χ1n) is 3.29. The summed E-state index contributed by atoms with van der Waals surface area (Å²) in [6.07, 6.45) is -0.749. The fourth-order valence-corrected chi connectivity index (χ4v) is 0.457. The highest BCUT2D eigenvalue weighted by molar-refractivity contribution is 5.64. The number of primary amides is 1. The van der Waals surface area contributed by atoms with Crippen molar-refractivity contribution in [1.82, 2.24) is 0 Å². The molecule has 0 atom stereocenters. The van der Waals surface area contributed by atoms with E-state index in [1.807, 2.05) is 14.1 Å². The number of ether oxygens (including phenoxy) is 1. The Morgan fingerprint density at radius 1 is 1.55 bits per heavy atom. The molecule has 0 aliphatic rings. The molecule has 5 heteroatoms. The standard InChI is InChI=1S/C6H14N2O3/c1-8(2,10-3)4-5-11-6(7)9/h4-5H2,1-3H3,(H-,7,9)/p+1. The second-order valence-corrected chi connectivity index (χ2v) is 2.65. The van der Waals surface area contributed by atoms with E-state index in [2.05, 4.69) is 4.74 Å². The number of amides is 1. The molecule has 1 amide bonds. The number of likely N-dealkylation sites (N-methyl/N-ethyl adjacent to an activating group) is 1. The Bertz CT molecular complexity index is 136. The lowest BCUT2D eigenvalue weighted by Crippen LogP contribution is -2.41. The first-order valence-corrected chi connectivity index (χ1v) is 3.29. The van der Waals surface area contributed by atoms with Crippen molar-refractivity contribution in [1.29, 1.82) is 0 Å². The van der Waals surface area contributed by atoms with E-state index in [1.54, 1.807) is 7.11 Å². The number of carbonyl (C=O) groups is 1.